The maximum absolute atomic E-state index is 5.68. The standard InChI is InChI=1S/C13H20ClN/c1-3-15(11-5-4-10-14)13-8-6-12(2)7-9-13/h6-9H,3-5,10-11H2,1-2H3. The third kappa shape index (κ3) is 4.13. The van der Waals surface area contributed by atoms with Gasteiger partial charge < -0.3 is 4.90 Å². The van der Waals surface area contributed by atoms with E-state index in [0.717, 1.165) is 25.4 Å². The summed E-state index contributed by atoms with van der Waals surface area (Å²) in [6.45, 7) is 6.48. The predicted octanol–water partition coefficient (Wildman–Crippen LogP) is 3.84. The van der Waals surface area contributed by atoms with E-state index in [1.54, 1.807) is 0 Å². The van der Waals surface area contributed by atoms with Crippen molar-refractivity contribution in [3.63, 3.8) is 0 Å². The van der Waals surface area contributed by atoms with Gasteiger partial charge >= 0.3 is 0 Å². The number of unbranched alkanes of at least 4 members (excludes halogenated alkanes) is 1. The number of alkyl halides is 1. The Kier molecular flexibility index (Phi) is 5.56. The molecule has 15 heavy (non-hydrogen) atoms. The number of halogens is 1. The molecule has 1 rings (SSSR count). The first-order valence-corrected chi connectivity index (χ1v) is 6.19. The summed E-state index contributed by atoms with van der Waals surface area (Å²) < 4.78 is 0. The second-order valence-electron chi connectivity index (χ2n) is 3.81. The van der Waals surface area contributed by atoms with Crippen molar-refractivity contribution in [2.75, 3.05) is 23.9 Å². The summed E-state index contributed by atoms with van der Waals surface area (Å²) >= 11 is 5.68. The fourth-order valence-electron chi connectivity index (χ4n) is 1.62. The van der Waals surface area contributed by atoms with Crippen LogP contribution < -0.4 is 4.90 Å². The van der Waals surface area contributed by atoms with Gasteiger partial charge in [-0.25, -0.2) is 0 Å². The fourth-order valence-corrected chi connectivity index (χ4v) is 1.81. The van der Waals surface area contributed by atoms with Gasteiger partial charge in [0.25, 0.3) is 0 Å². The van der Waals surface area contributed by atoms with E-state index in [1.165, 1.54) is 17.7 Å². The Balaban J connectivity index is 2.53. The summed E-state index contributed by atoms with van der Waals surface area (Å²) in [6.07, 6.45) is 2.27. The van der Waals surface area contributed by atoms with Gasteiger partial charge in [-0.2, -0.15) is 0 Å². The van der Waals surface area contributed by atoms with Crippen LogP contribution in [0.3, 0.4) is 0 Å². The summed E-state index contributed by atoms with van der Waals surface area (Å²) in [5.41, 5.74) is 2.63. The van der Waals surface area contributed by atoms with Crippen molar-refractivity contribution in [3.8, 4) is 0 Å². The van der Waals surface area contributed by atoms with Gasteiger partial charge in [0.15, 0.2) is 0 Å². The third-order valence-corrected chi connectivity index (χ3v) is 2.86. The molecule has 0 saturated carbocycles. The highest BCUT2D eigenvalue weighted by Gasteiger charge is 2.02. The molecule has 1 nitrogen and oxygen atoms in total. The third-order valence-electron chi connectivity index (χ3n) is 2.59. The van der Waals surface area contributed by atoms with Gasteiger partial charge in [0.05, 0.1) is 0 Å². The quantitative estimate of drug-likeness (QED) is 0.525. The minimum Gasteiger partial charge on any atom is -0.372 e. The smallest absolute Gasteiger partial charge is 0.0366 e. The molecule has 0 bridgehead atoms. The van der Waals surface area contributed by atoms with Gasteiger partial charge in [-0.15, -0.1) is 11.6 Å². The molecule has 0 aliphatic carbocycles. The molecule has 0 heterocycles. The van der Waals surface area contributed by atoms with Gasteiger partial charge in [-0.05, 0) is 38.8 Å². The largest absolute Gasteiger partial charge is 0.372 e. The van der Waals surface area contributed by atoms with Crippen molar-refractivity contribution in [1.82, 2.24) is 0 Å². The molecule has 0 aliphatic heterocycles. The molecule has 0 N–H and O–H groups in total. The number of rotatable bonds is 6. The normalized spacial score (nSPS) is 10.3. The highest BCUT2D eigenvalue weighted by atomic mass is 35.5. The van der Waals surface area contributed by atoms with Gasteiger partial charge in [-0.3, -0.25) is 0 Å². The molecule has 0 atom stereocenters. The molecule has 2 heteroatoms. The first kappa shape index (κ1) is 12.4. The summed E-state index contributed by atoms with van der Waals surface area (Å²) in [4.78, 5) is 2.39. The minimum atomic E-state index is 0.769. The molecule has 0 spiro atoms. The Morgan fingerprint density at radius 2 is 1.80 bits per heavy atom. The van der Waals surface area contributed by atoms with E-state index in [9.17, 15) is 0 Å². The summed E-state index contributed by atoms with van der Waals surface area (Å²) in [5.74, 6) is 0.769. The fraction of sp³-hybridized carbons (Fsp3) is 0.538. The zero-order valence-corrected chi connectivity index (χ0v) is 10.4. The molecular weight excluding hydrogens is 206 g/mol. The van der Waals surface area contributed by atoms with Crippen molar-refractivity contribution < 1.29 is 0 Å². The lowest BCUT2D eigenvalue weighted by Crippen LogP contribution is -2.23. The SMILES string of the molecule is CCN(CCCCCl)c1ccc(C)cc1. The van der Waals surface area contributed by atoms with Gasteiger partial charge in [0.1, 0.15) is 0 Å². The van der Waals surface area contributed by atoms with Crippen molar-refractivity contribution in [1.29, 1.82) is 0 Å². The van der Waals surface area contributed by atoms with Gasteiger partial charge in [0, 0.05) is 24.7 Å². The van der Waals surface area contributed by atoms with Crippen LogP contribution in [-0.2, 0) is 0 Å². The maximum Gasteiger partial charge on any atom is 0.0366 e. The van der Waals surface area contributed by atoms with E-state index < -0.39 is 0 Å². The Morgan fingerprint density at radius 1 is 1.13 bits per heavy atom. The van der Waals surface area contributed by atoms with Crippen LogP contribution in [0.1, 0.15) is 25.3 Å². The van der Waals surface area contributed by atoms with Crippen LogP contribution in [0.5, 0.6) is 0 Å². The zero-order chi connectivity index (χ0) is 11.1. The average molecular weight is 226 g/mol. The summed E-state index contributed by atoms with van der Waals surface area (Å²) in [5, 5.41) is 0. The van der Waals surface area contributed by atoms with E-state index in [0.29, 0.717) is 0 Å². The monoisotopic (exact) mass is 225 g/mol. The average Bonchev–Trinajstić information content (AvgIpc) is 2.26. The molecule has 1 aromatic rings. The van der Waals surface area contributed by atoms with E-state index in [-0.39, 0.29) is 0 Å². The molecule has 0 unspecified atom stereocenters. The summed E-state index contributed by atoms with van der Waals surface area (Å²) in [6, 6.07) is 8.72. The molecular formula is C13H20ClN. The molecule has 0 saturated heterocycles. The molecule has 0 fully saturated rings. The number of aryl methyl sites for hydroxylation is 1. The Labute approximate surface area is 98.0 Å². The van der Waals surface area contributed by atoms with Crippen molar-refractivity contribution >= 4 is 17.3 Å². The highest BCUT2D eigenvalue weighted by Crippen LogP contribution is 2.15. The molecule has 0 amide bonds. The van der Waals surface area contributed by atoms with Gasteiger partial charge in [-0.1, -0.05) is 17.7 Å². The lowest BCUT2D eigenvalue weighted by Gasteiger charge is -2.23. The van der Waals surface area contributed by atoms with E-state index in [1.807, 2.05) is 0 Å². The number of anilines is 1. The zero-order valence-electron chi connectivity index (χ0n) is 9.67. The number of nitrogens with zero attached hydrogens (tertiary/aromatic N) is 1. The number of hydrogen-bond donors (Lipinski definition) is 0. The maximum atomic E-state index is 5.68. The topological polar surface area (TPSA) is 3.24 Å². The van der Waals surface area contributed by atoms with E-state index in [4.69, 9.17) is 11.6 Å². The van der Waals surface area contributed by atoms with E-state index in [2.05, 4.69) is 43.0 Å². The van der Waals surface area contributed by atoms with Crippen molar-refractivity contribution in [3.05, 3.63) is 29.8 Å². The highest BCUT2D eigenvalue weighted by molar-refractivity contribution is 6.17. The first-order chi connectivity index (χ1) is 7.27. The lowest BCUT2D eigenvalue weighted by atomic mass is 10.2. The van der Waals surface area contributed by atoms with Crippen LogP contribution >= 0.6 is 11.6 Å². The minimum absolute atomic E-state index is 0.769. The van der Waals surface area contributed by atoms with Gasteiger partial charge in [0.2, 0.25) is 0 Å². The van der Waals surface area contributed by atoms with E-state index >= 15 is 0 Å². The van der Waals surface area contributed by atoms with Crippen LogP contribution in [0, 0.1) is 6.92 Å². The number of hydrogen-bond acceptors (Lipinski definition) is 1. The molecule has 0 aromatic heterocycles. The first-order valence-electron chi connectivity index (χ1n) is 5.65. The van der Waals surface area contributed by atoms with Crippen molar-refractivity contribution in [2.45, 2.75) is 26.7 Å². The second kappa shape index (κ2) is 6.73. The molecule has 84 valence electrons. The van der Waals surface area contributed by atoms with Crippen LogP contribution in [0.15, 0.2) is 24.3 Å². The second-order valence-corrected chi connectivity index (χ2v) is 4.19. The predicted molar refractivity (Wildman–Crippen MR) is 69.0 cm³/mol. The lowest BCUT2D eigenvalue weighted by molar-refractivity contribution is 0.735. The number of benzene rings is 1. The molecule has 0 aliphatic rings. The Hall–Kier alpha value is -0.690. The van der Waals surface area contributed by atoms with Crippen LogP contribution in [-0.4, -0.2) is 19.0 Å². The molecule has 0 radical (unpaired) electrons. The summed E-state index contributed by atoms with van der Waals surface area (Å²) in [7, 11) is 0. The van der Waals surface area contributed by atoms with Crippen molar-refractivity contribution in [2.24, 2.45) is 0 Å². The molecule has 1 aromatic carbocycles. The van der Waals surface area contributed by atoms with Crippen LogP contribution in [0.25, 0.3) is 0 Å². The van der Waals surface area contributed by atoms with Crippen LogP contribution in [0.2, 0.25) is 0 Å². The van der Waals surface area contributed by atoms with Crippen LogP contribution in [0.4, 0.5) is 5.69 Å². The Morgan fingerprint density at radius 3 is 2.33 bits per heavy atom. The Bertz CT molecular complexity index is 268.